The standard InChI is InChI=1S/C13H4Cl2N4O2/c14-12-9(5-16)11(10(6-17)13(15)18-12)7-2-1-3-8(4-7)19(20)21/h1-4H. The number of pyridine rings is 1. The molecule has 0 N–H and O–H groups in total. The number of aromatic nitrogens is 1. The fraction of sp³-hybridized carbons (Fsp3) is 0. The molecule has 0 amide bonds. The van der Waals surface area contributed by atoms with Gasteiger partial charge in [-0.3, -0.25) is 10.1 Å². The van der Waals surface area contributed by atoms with E-state index < -0.39 is 4.92 Å². The summed E-state index contributed by atoms with van der Waals surface area (Å²) in [4.78, 5) is 14.0. The molecule has 0 aliphatic heterocycles. The van der Waals surface area contributed by atoms with Crippen molar-refractivity contribution in [1.29, 1.82) is 10.5 Å². The molecule has 1 heterocycles. The Morgan fingerprint density at radius 3 is 2.19 bits per heavy atom. The Labute approximate surface area is 128 Å². The molecular weight excluding hydrogens is 315 g/mol. The van der Waals surface area contributed by atoms with Gasteiger partial charge in [-0.1, -0.05) is 35.3 Å². The van der Waals surface area contributed by atoms with Crippen LogP contribution < -0.4 is 0 Å². The molecule has 0 unspecified atom stereocenters. The first-order valence-corrected chi connectivity index (χ1v) is 6.19. The van der Waals surface area contributed by atoms with Gasteiger partial charge < -0.3 is 0 Å². The second-order valence-electron chi connectivity index (χ2n) is 3.85. The summed E-state index contributed by atoms with van der Waals surface area (Å²) in [5.74, 6) is 0. The third-order valence-corrected chi connectivity index (χ3v) is 3.23. The molecule has 2 aromatic rings. The summed E-state index contributed by atoms with van der Waals surface area (Å²) in [5.41, 5.74) is 0.137. The Balaban J connectivity index is 2.86. The fourth-order valence-corrected chi connectivity index (χ4v) is 2.28. The number of nitriles is 2. The molecule has 0 saturated carbocycles. The quantitative estimate of drug-likeness (QED) is 0.477. The number of rotatable bonds is 2. The topological polar surface area (TPSA) is 104 Å². The Bertz CT molecular complexity index is 799. The van der Waals surface area contributed by atoms with Crippen molar-refractivity contribution in [2.75, 3.05) is 0 Å². The Kier molecular flexibility index (Phi) is 4.04. The third-order valence-electron chi connectivity index (χ3n) is 2.68. The van der Waals surface area contributed by atoms with Crippen LogP contribution in [0.15, 0.2) is 24.3 Å². The number of nitro groups is 1. The predicted octanol–water partition coefficient (Wildman–Crippen LogP) is 3.71. The molecule has 0 aliphatic carbocycles. The summed E-state index contributed by atoms with van der Waals surface area (Å²) in [7, 11) is 0. The lowest BCUT2D eigenvalue weighted by molar-refractivity contribution is -0.384. The van der Waals surface area contributed by atoms with Crippen molar-refractivity contribution in [2.24, 2.45) is 0 Å². The maximum Gasteiger partial charge on any atom is 0.270 e. The molecule has 0 aliphatic rings. The van der Waals surface area contributed by atoms with E-state index in [1.54, 1.807) is 0 Å². The van der Waals surface area contributed by atoms with Crippen LogP contribution in [0, 0.1) is 32.8 Å². The van der Waals surface area contributed by atoms with Gasteiger partial charge in [0.05, 0.1) is 16.1 Å². The first-order valence-electron chi connectivity index (χ1n) is 5.43. The van der Waals surface area contributed by atoms with Gasteiger partial charge in [0.25, 0.3) is 5.69 Å². The minimum Gasteiger partial charge on any atom is -0.258 e. The molecular formula is C13H4Cl2N4O2. The fourth-order valence-electron chi connectivity index (χ4n) is 1.80. The van der Waals surface area contributed by atoms with E-state index in [2.05, 4.69) is 4.98 Å². The van der Waals surface area contributed by atoms with Crippen LogP contribution in [0.2, 0.25) is 10.3 Å². The van der Waals surface area contributed by atoms with E-state index in [1.165, 1.54) is 24.3 Å². The second-order valence-corrected chi connectivity index (χ2v) is 4.57. The van der Waals surface area contributed by atoms with E-state index in [1.807, 2.05) is 12.1 Å². The second kappa shape index (κ2) is 5.76. The highest BCUT2D eigenvalue weighted by atomic mass is 35.5. The van der Waals surface area contributed by atoms with Crippen molar-refractivity contribution < 1.29 is 4.92 Å². The number of hydrogen-bond donors (Lipinski definition) is 0. The zero-order valence-corrected chi connectivity index (χ0v) is 11.7. The van der Waals surface area contributed by atoms with E-state index in [9.17, 15) is 20.6 Å². The lowest BCUT2D eigenvalue weighted by atomic mass is 9.97. The largest absolute Gasteiger partial charge is 0.270 e. The molecule has 0 spiro atoms. The number of non-ortho nitro benzene ring substituents is 1. The van der Waals surface area contributed by atoms with Crippen molar-refractivity contribution in [3.05, 3.63) is 55.8 Å². The molecule has 0 bridgehead atoms. The average molecular weight is 319 g/mol. The summed E-state index contributed by atoms with van der Waals surface area (Å²) >= 11 is 11.7. The molecule has 1 aromatic carbocycles. The smallest absolute Gasteiger partial charge is 0.258 e. The summed E-state index contributed by atoms with van der Waals surface area (Å²) in [6.45, 7) is 0. The van der Waals surface area contributed by atoms with Crippen LogP contribution in [0.1, 0.15) is 11.1 Å². The Morgan fingerprint density at radius 2 is 1.71 bits per heavy atom. The highest BCUT2D eigenvalue weighted by Gasteiger charge is 2.20. The maximum absolute atomic E-state index is 10.8. The number of nitro benzene ring substituents is 1. The zero-order chi connectivity index (χ0) is 15.6. The van der Waals surface area contributed by atoms with Crippen LogP contribution in [0.3, 0.4) is 0 Å². The minimum absolute atomic E-state index is 0.0573. The van der Waals surface area contributed by atoms with Gasteiger partial charge >= 0.3 is 0 Å². The van der Waals surface area contributed by atoms with Gasteiger partial charge in [-0.05, 0) is 5.56 Å². The van der Waals surface area contributed by atoms with Gasteiger partial charge in [0, 0.05) is 17.7 Å². The van der Waals surface area contributed by atoms with Crippen LogP contribution in [-0.4, -0.2) is 9.91 Å². The zero-order valence-electron chi connectivity index (χ0n) is 10.2. The number of benzene rings is 1. The van der Waals surface area contributed by atoms with Crippen LogP contribution in [-0.2, 0) is 0 Å². The SMILES string of the molecule is N#Cc1c(Cl)nc(Cl)c(C#N)c1-c1cccc([N+](=O)[O-])c1. The van der Waals surface area contributed by atoms with Crippen molar-refractivity contribution in [2.45, 2.75) is 0 Å². The lowest BCUT2D eigenvalue weighted by Gasteiger charge is -2.09. The Morgan fingerprint density at radius 1 is 1.14 bits per heavy atom. The lowest BCUT2D eigenvalue weighted by Crippen LogP contribution is -1.97. The molecule has 102 valence electrons. The molecule has 2 rings (SSSR count). The molecule has 0 fully saturated rings. The van der Waals surface area contributed by atoms with E-state index in [0.717, 1.165) is 0 Å². The normalized spacial score (nSPS) is 9.71. The van der Waals surface area contributed by atoms with Crippen molar-refractivity contribution in [3.63, 3.8) is 0 Å². The van der Waals surface area contributed by atoms with Gasteiger partial charge in [0.2, 0.25) is 0 Å². The monoisotopic (exact) mass is 318 g/mol. The molecule has 1 aromatic heterocycles. The van der Waals surface area contributed by atoms with Crippen LogP contribution >= 0.6 is 23.2 Å². The van der Waals surface area contributed by atoms with Crippen molar-refractivity contribution in [3.8, 4) is 23.3 Å². The molecule has 0 atom stereocenters. The van der Waals surface area contributed by atoms with Crippen LogP contribution in [0.4, 0.5) is 5.69 Å². The van der Waals surface area contributed by atoms with Crippen molar-refractivity contribution >= 4 is 28.9 Å². The maximum atomic E-state index is 10.8. The predicted molar refractivity (Wildman–Crippen MR) is 75.8 cm³/mol. The molecule has 21 heavy (non-hydrogen) atoms. The van der Waals surface area contributed by atoms with Crippen LogP contribution in [0.5, 0.6) is 0 Å². The average Bonchev–Trinajstić information content (AvgIpc) is 2.46. The van der Waals surface area contributed by atoms with Gasteiger partial charge in [-0.25, -0.2) is 4.98 Å². The Hall–Kier alpha value is -2.67. The first-order chi connectivity index (χ1) is 9.99. The van der Waals surface area contributed by atoms with Gasteiger partial charge in [0.15, 0.2) is 0 Å². The van der Waals surface area contributed by atoms with E-state index in [0.29, 0.717) is 5.56 Å². The van der Waals surface area contributed by atoms with E-state index in [-0.39, 0.29) is 32.7 Å². The summed E-state index contributed by atoms with van der Waals surface area (Å²) in [5, 5.41) is 28.9. The summed E-state index contributed by atoms with van der Waals surface area (Å²) < 4.78 is 0. The van der Waals surface area contributed by atoms with E-state index >= 15 is 0 Å². The number of hydrogen-bond acceptors (Lipinski definition) is 5. The third kappa shape index (κ3) is 2.63. The first kappa shape index (κ1) is 14.7. The highest BCUT2D eigenvalue weighted by molar-refractivity contribution is 6.34. The molecule has 0 saturated heterocycles. The number of halogens is 2. The highest BCUT2D eigenvalue weighted by Crippen LogP contribution is 2.35. The molecule has 8 heteroatoms. The van der Waals surface area contributed by atoms with Gasteiger partial charge in [-0.15, -0.1) is 0 Å². The minimum atomic E-state index is -0.577. The summed E-state index contributed by atoms with van der Waals surface area (Å²) in [6.07, 6.45) is 0. The number of nitrogens with zero attached hydrogens (tertiary/aromatic N) is 4. The molecule has 6 nitrogen and oxygen atoms in total. The van der Waals surface area contributed by atoms with Crippen LogP contribution in [0.25, 0.3) is 11.1 Å². The van der Waals surface area contributed by atoms with Crippen molar-refractivity contribution in [1.82, 2.24) is 4.98 Å². The van der Waals surface area contributed by atoms with Gasteiger partial charge in [0.1, 0.15) is 22.4 Å². The van der Waals surface area contributed by atoms with Gasteiger partial charge in [-0.2, -0.15) is 10.5 Å². The molecule has 0 radical (unpaired) electrons. The summed E-state index contributed by atoms with van der Waals surface area (Å²) in [6, 6.07) is 9.18. The van der Waals surface area contributed by atoms with E-state index in [4.69, 9.17) is 23.2 Å².